The number of para-hydroxylation sites is 1. The second-order valence-corrected chi connectivity index (χ2v) is 7.64. The molecule has 0 radical (unpaired) electrons. The summed E-state index contributed by atoms with van der Waals surface area (Å²) >= 11 is 0. The molecule has 0 atom stereocenters. The molecule has 0 spiro atoms. The monoisotopic (exact) mass is 419 g/mol. The predicted octanol–water partition coefficient (Wildman–Crippen LogP) is 2.47. The number of rotatable bonds is 6. The van der Waals surface area contributed by atoms with Crippen LogP contribution in [-0.4, -0.2) is 47.4 Å². The molecule has 2 aromatic carbocycles. The van der Waals surface area contributed by atoms with Gasteiger partial charge in [0.25, 0.3) is 5.91 Å². The van der Waals surface area contributed by atoms with E-state index in [1.165, 1.54) is 6.20 Å². The lowest BCUT2D eigenvalue weighted by Crippen LogP contribution is -2.45. The summed E-state index contributed by atoms with van der Waals surface area (Å²) in [5.74, 6) is -0.714. The van der Waals surface area contributed by atoms with Gasteiger partial charge in [0.05, 0.1) is 19.3 Å². The van der Waals surface area contributed by atoms with E-state index in [4.69, 9.17) is 4.74 Å². The molecule has 1 fully saturated rings. The van der Waals surface area contributed by atoms with Gasteiger partial charge in [-0.05, 0) is 30.5 Å². The van der Waals surface area contributed by atoms with Gasteiger partial charge in [0.1, 0.15) is 5.56 Å². The molecule has 160 valence electrons. The molecule has 7 heteroatoms. The summed E-state index contributed by atoms with van der Waals surface area (Å²) < 4.78 is 5.96. The van der Waals surface area contributed by atoms with Crippen molar-refractivity contribution in [1.29, 1.82) is 0 Å². The summed E-state index contributed by atoms with van der Waals surface area (Å²) in [6, 6.07) is 17.0. The van der Waals surface area contributed by atoms with Gasteiger partial charge in [0, 0.05) is 30.2 Å². The van der Waals surface area contributed by atoms with Gasteiger partial charge >= 0.3 is 0 Å². The molecule has 4 rings (SSSR count). The highest BCUT2D eigenvalue weighted by Crippen LogP contribution is 2.16. The molecule has 0 aliphatic carbocycles. The highest BCUT2D eigenvalue weighted by atomic mass is 16.5. The van der Waals surface area contributed by atoms with Crippen LogP contribution in [0.5, 0.6) is 0 Å². The van der Waals surface area contributed by atoms with Gasteiger partial charge in [-0.15, -0.1) is 0 Å². The van der Waals surface area contributed by atoms with Crippen LogP contribution < -0.4 is 10.7 Å². The number of hydrogen-bond donors (Lipinski definition) is 2. The standard InChI is InChI=1S/C24H25N3O4/c28-22(27-12-10-18(11-13-27)31-16-17-6-2-1-3-7-17)15-26-24(30)20-14-25-21-9-5-4-8-19(21)23(20)29/h1-9,14,18H,10-13,15-16H2,(H,25,29)(H,26,30). The number of pyridine rings is 1. The highest BCUT2D eigenvalue weighted by Gasteiger charge is 2.24. The maximum atomic E-state index is 12.5. The van der Waals surface area contributed by atoms with Crippen LogP contribution in [0.2, 0.25) is 0 Å². The molecule has 2 amide bonds. The number of likely N-dealkylation sites (tertiary alicyclic amines) is 1. The first-order valence-corrected chi connectivity index (χ1v) is 10.4. The number of carbonyl (C=O) groups excluding carboxylic acids is 2. The van der Waals surface area contributed by atoms with Crippen molar-refractivity contribution in [2.75, 3.05) is 19.6 Å². The van der Waals surface area contributed by atoms with E-state index >= 15 is 0 Å². The fourth-order valence-electron chi connectivity index (χ4n) is 3.76. The Bertz CT molecular complexity index is 1120. The number of nitrogens with one attached hydrogen (secondary N) is 2. The average molecular weight is 419 g/mol. The molecule has 1 aliphatic heterocycles. The Kier molecular flexibility index (Phi) is 6.43. The largest absolute Gasteiger partial charge is 0.373 e. The van der Waals surface area contributed by atoms with E-state index in [1.54, 1.807) is 23.1 Å². The number of H-pyrrole nitrogens is 1. The van der Waals surface area contributed by atoms with E-state index in [0.717, 1.165) is 18.4 Å². The first kappa shape index (κ1) is 20.8. The van der Waals surface area contributed by atoms with Crippen molar-refractivity contribution in [1.82, 2.24) is 15.2 Å². The van der Waals surface area contributed by atoms with Crippen molar-refractivity contribution >= 4 is 22.7 Å². The van der Waals surface area contributed by atoms with Crippen molar-refractivity contribution in [2.24, 2.45) is 0 Å². The van der Waals surface area contributed by atoms with Crippen LogP contribution in [0.3, 0.4) is 0 Å². The van der Waals surface area contributed by atoms with Crippen LogP contribution in [0.4, 0.5) is 0 Å². The minimum Gasteiger partial charge on any atom is -0.373 e. The Morgan fingerprint density at radius 3 is 2.52 bits per heavy atom. The number of carbonyl (C=O) groups is 2. The number of ether oxygens (including phenoxy) is 1. The van der Waals surface area contributed by atoms with Gasteiger partial charge in [-0.3, -0.25) is 14.4 Å². The van der Waals surface area contributed by atoms with Gasteiger partial charge < -0.3 is 19.9 Å². The lowest BCUT2D eigenvalue weighted by Gasteiger charge is -2.32. The van der Waals surface area contributed by atoms with Crippen LogP contribution in [0.15, 0.2) is 65.6 Å². The second kappa shape index (κ2) is 9.57. The fraction of sp³-hybridized carbons (Fsp3) is 0.292. The molecule has 1 aromatic heterocycles. The number of aromatic amines is 1. The normalized spacial score (nSPS) is 14.5. The van der Waals surface area contributed by atoms with Crippen LogP contribution in [-0.2, 0) is 16.1 Å². The first-order chi connectivity index (χ1) is 15.1. The van der Waals surface area contributed by atoms with Gasteiger partial charge in [0.15, 0.2) is 0 Å². The molecule has 1 saturated heterocycles. The Labute approximate surface area is 180 Å². The number of benzene rings is 2. The van der Waals surface area contributed by atoms with Gasteiger partial charge in [-0.2, -0.15) is 0 Å². The third-order valence-corrected chi connectivity index (χ3v) is 5.56. The topological polar surface area (TPSA) is 91.5 Å². The average Bonchev–Trinajstić information content (AvgIpc) is 2.82. The van der Waals surface area contributed by atoms with Crippen molar-refractivity contribution < 1.29 is 14.3 Å². The SMILES string of the molecule is O=C(NCC(=O)N1CCC(OCc2ccccc2)CC1)c1c[nH]c2ccccc2c1=O. The molecule has 31 heavy (non-hydrogen) atoms. The number of nitrogens with zero attached hydrogens (tertiary/aromatic N) is 1. The molecule has 0 bridgehead atoms. The molecule has 0 saturated carbocycles. The summed E-state index contributed by atoms with van der Waals surface area (Å²) in [6.07, 6.45) is 3.03. The van der Waals surface area contributed by atoms with Crippen LogP contribution in [0, 0.1) is 0 Å². The van der Waals surface area contributed by atoms with E-state index < -0.39 is 5.91 Å². The molecular weight excluding hydrogens is 394 g/mol. The van der Waals surface area contributed by atoms with Crippen molar-refractivity contribution in [3.05, 3.63) is 82.1 Å². The van der Waals surface area contributed by atoms with Crippen LogP contribution in [0.25, 0.3) is 10.9 Å². The zero-order valence-corrected chi connectivity index (χ0v) is 17.2. The van der Waals surface area contributed by atoms with Gasteiger partial charge in [0.2, 0.25) is 11.3 Å². The Morgan fingerprint density at radius 2 is 1.74 bits per heavy atom. The van der Waals surface area contributed by atoms with E-state index in [1.807, 2.05) is 36.4 Å². The van der Waals surface area contributed by atoms with E-state index in [9.17, 15) is 14.4 Å². The zero-order chi connectivity index (χ0) is 21.6. The maximum absolute atomic E-state index is 12.5. The summed E-state index contributed by atoms with van der Waals surface area (Å²) in [4.78, 5) is 42.2. The Balaban J connectivity index is 1.25. The molecule has 2 N–H and O–H groups in total. The molecule has 7 nitrogen and oxygen atoms in total. The quantitative estimate of drug-likeness (QED) is 0.642. The van der Waals surface area contributed by atoms with Crippen LogP contribution in [0.1, 0.15) is 28.8 Å². The smallest absolute Gasteiger partial charge is 0.257 e. The highest BCUT2D eigenvalue weighted by molar-refractivity contribution is 5.98. The molecular formula is C24H25N3O4. The lowest BCUT2D eigenvalue weighted by atomic mass is 10.1. The number of piperidine rings is 1. The summed E-state index contributed by atoms with van der Waals surface area (Å²) in [6.45, 7) is 1.60. The lowest BCUT2D eigenvalue weighted by molar-refractivity contribution is -0.132. The van der Waals surface area contributed by atoms with E-state index in [0.29, 0.717) is 30.6 Å². The van der Waals surface area contributed by atoms with E-state index in [2.05, 4.69) is 10.3 Å². The van der Waals surface area contributed by atoms with E-state index in [-0.39, 0.29) is 29.5 Å². The summed E-state index contributed by atoms with van der Waals surface area (Å²) in [7, 11) is 0. The third-order valence-electron chi connectivity index (χ3n) is 5.56. The van der Waals surface area contributed by atoms with Crippen molar-refractivity contribution in [3.8, 4) is 0 Å². The third kappa shape index (κ3) is 5.00. The van der Waals surface area contributed by atoms with Gasteiger partial charge in [-0.25, -0.2) is 0 Å². The number of aromatic nitrogens is 1. The van der Waals surface area contributed by atoms with Crippen molar-refractivity contribution in [3.63, 3.8) is 0 Å². The van der Waals surface area contributed by atoms with Crippen LogP contribution >= 0.6 is 0 Å². The minimum absolute atomic E-state index is 0.000444. The summed E-state index contributed by atoms with van der Waals surface area (Å²) in [5.41, 5.74) is 1.44. The minimum atomic E-state index is -0.554. The second-order valence-electron chi connectivity index (χ2n) is 7.64. The fourth-order valence-corrected chi connectivity index (χ4v) is 3.76. The number of amides is 2. The van der Waals surface area contributed by atoms with Gasteiger partial charge in [-0.1, -0.05) is 42.5 Å². The number of hydrogen-bond acceptors (Lipinski definition) is 4. The summed E-state index contributed by atoms with van der Waals surface area (Å²) in [5, 5.41) is 3.02. The molecule has 2 heterocycles. The Morgan fingerprint density at radius 1 is 1.03 bits per heavy atom. The Hall–Kier alpha value is -3.45. The maximum Gasteiger partial charge on any atom is 0.257 e. The predicted molar refractivity (Wildman–Crippen MR) is 118 cm³/mol. The zero-order valence-electron chi connectivity index (χ0n) is 17.2. The first-order valence-electron chi connectivity index (χ1n) is 10.4. The molecule has 0 unspecified atom stereocenters. The number of fused-ring (bicyclic) bond motifs is 1. The molecule has 1 aliphatic rings. The van der Waals surface area contributed by atoms with Crippen molar-refractivity contribution in [2.45, 2.75) is 25.6 Å². The molecule has 3 aromatic rings.